The summed E-state index contributed by atoms with van der Waals surface area (Å²) in [4.78, 5) is 58.8. The summed E-state index contributed by atoms with van der Waals surface area (Å²) >= 11 is 0. The molecule has 1 aliphatic carbocycles. The number of likely N-dealkylation sites (tertiary alicyclic amines) is 2. The van der Waals surface area contributed by atoms with Gasteiger partial charge in [-0.15, -0.1) is 0 Å². The lowest BCUT2D eigenvalue weighted by molar-refractivity contribution is -0.135. The number of carbonyl (C=O) groups is 3. The second-order valence-electron chi connectivity index (χ2n) is 15.0. The smallest absolute Gasteiger partial charge is 0.407 e. The predicted molar refractivity (Wildman–Crippen MR) is 195 cm³/mol. The number of ether oxygens (including phenoxy) is 1. The van der Waals surface area contributed by atoms with Crippen molar-refractivity contribution in [2.24, 2.45) is 11.8 Å². The summed E-state index contributed by atoms with van der Waals surface area (Å²) in [5, 5.41) is 2.71. The molecular formula is C40H49N7O4. The van der Waals surface area contributed by atoms with Crippen molar-refractivity contribution in [3.63, 3.8) is 0 Å². The summed E-state index contributed by atoms with van der Waals surface area (Å²) in [6.07, 6.45) is 9.21. The van der Waals surface area contributed by atoms with Crippen LogP contribution in [0.4, 0.5) is 4.79 Å². The highest BCUT2D eigenvalue weighted by Gasteiger charge is 2.38. The van der Waals surface area contributed by atoms with Gasteiger partial charge in [0.1, 0.15) is 17.7 Å². The van der Waals surface area contributed by atoms with Crippen molar-refractivity contribution >= 4 is 17.9 Å². The third-order valence-electron chi connectivity index (χ3n) is 10.7. The summed E-state index contributed by atoms with van der Waals surface area (Å²) in [6, 6.07) is 12.4. The predicted octanol–water partition coefficient (Wildman–Crippen LogP) is 6.99. The van der Waals surface area contributed by atoms with Crippen molar-refractivity contribution in [2.75, 3.05) is 20.2 Å². The second-order valence-corrected chi connectivity index (χ2v) is 15.0. The number of aromatic nitrogens is 4. The summed E-state index contributed by atoms with van der Waals surface area (Å²) < 4.78 is 4.77. The van der Waals surface area contributed by atoms with Crippen LogP contribution in [0, 0.1) is 11.8 Å². The van der Waals surface area contributed by atoms with Crippen LogP contribution < -0.4 is 5.32 Å². The van der Waals surface area contributed by atoms with Crippen LogP contribution in [0.5, 0.6) is 0 Å². The molecule has 0 bridgehead atoms. The van der Waals surface area contributed by atoms with Gasteiger partial charge >= 0.3 is 6.09 Å². The number of aryl methyl sites for hydroxylation is 2. The molecule has 11 heteroatoms. The van der Waals surface area contributed by atoms with E-state index in [2.05, 4.69) is 65.5 Å². The Kier molecular flexibility index (Phi) is 9.72. The molecule has 3 amide bonds. The first kappa shape index (κ1) is 34.5. The number of hydrogen-bond acceptors (Lipinski definition) is 6. The van der Waals surface area contributed by atoms with Gasteiger partial charge in [0.2, 0.25) is 11.8 Å². The highest BCUT2D eigenvalue weighted by atomic mass is 16.5. The molecule has 0 unspecified atom stereocenters. The Bertz CT molecular complexity index is 1930. The van der Waals surface area contributed by atoms with E-state index in [-0.39, 0.29) is 29.8 Å². The molecule has 0 radical (unpaired) electrons. The van der Waals surface area contributed by atoms with Gasteiger partial charge in [-0.1, -0.05) is 52.0 Å². The summed E-state index contributed by atoms with van der Waals surface area (Å²) in [5.74, 6) is 1.99. The van der Waals surface area contributed by atoms with E-state index in [1.54, 1.807) is 0 Å². The number of amides is 3. The summed E-state index contributed by atoms with van der Waals surface area (Å²) in [6.45, 7) is 9.42. The number of methoxy groups -OCH3 is 1. The standard InChI is InChI=1S/C40H49N7O4/c1-23(2)18-35(48)46-16-6-8-33(46)37-41-21-31(43-37)27-12-14-29-25(19-27)10-11-26-20-28(13-15-30(26)29)32-22-42-38(44-32)34-9-7-17-47(34)39(49)36(24(3)4)45-40(50)51-5/h12-15,19-24,33-34,36H,6-11,16-18H2,1-5H3,(H,41,43)(H,42,44)(H,45,50)/t33-,34-,36-/m0/s1. The molecule has 0 spiro atoms. The van der Waals surface area contributed by atoms with E-state index in [1.165, 1.54) is 29.4 Å². The van der Waals surface area contributed by atoms with Crippen LogP contribution >= 0.6 is 0 Å². The molecule has 4 heterocycles. The fourth-order valence-electron chi connectivity index (χ4n) is 8.05. The Morgan fingerprint density at radius 3 is 1.86 bits per heavy atom. The topological polar surface area (TPSA) is 136 Å². The summed E-state index contributed by atoms with van der Waals surface area (Å²) in [5.41, 5.74) is 9.17. The molecular weight excluding hydrogens is 642 g/mol. The van der Waals surface area contributed by atoms with Gasteiger partial charge in [-0.2, -0.15) is 0 Å². The van der Waals surface area contributed by atoms with E-state index < -0.39 is 12.1 Å². The first-order valence-corrected chi connectivity index (χ1v) is 18.4. The van der Waals surface area contributed by atoms with Crippen LogP contribution in [0.3, 0.4) is 0 Å². The minimum atomic E-state index is -0.668. The van der Waals surface area contributed by atoms with Gasteiger partial charge in [0.25, 0.3) is 0 Å². The molecule has 2 aromatic heterocycles. The van der Waals surface area contributed by atoms with E-state index >= 15 is 0 Å². The average molecular weight is 692 g/mol. The van der Waals surface area contributed by atoms with Crippen molar-refractivity contribution in [2.45, 2.75) is 90.8 Å². The number of nitrogens with zero attached hydrogens (tertiary/aromatic N) is 4. The molecule has 2 aromatic carbocycles. The van der Waals surface area contributed by atoms with E-state index in [1.807, 2.05) is 36.0 Å². The van der Waals surface area contributed by atoms with Crippen molar-refractivity contribution < 1.29 is 19.1 Å². The van der Waals surface area contributed by atoms with Gasteiger partial charge in [0, 0.05) is 19.5 Å². The van der Waals surface area contributed by atoms with Crippen molar-refractivity contribution in [1.29, 1.82) is 0 Å². The molecule has 0 saturated carbocycles. The first-order valence-electron chi connectivity index (χ1n) is 18.4. The third-order valence-corrected chi connectivity index (χ3v) is 10.7. The maximum atomic E-state index is 13.6. The van der Waals surface area contributed by atoms with Crippen molar-refractivity contribution in [3.05, 3.63) is 71.6 Å². The summed E-state index contributed by atoms with van der Waals surface area (Å²) in [7, 11) is 1.30. The quantitative estimate of drug-likeness (QED) is 0.173. The van der Waals surface area contributed by atoms with Crippen LogP contribution in [0.25, 0.3) is 33.6 Å². The van der Waals surface area contributed by atoms with Gasteiger partial charge in [-0.3, -0.25) is 9.59 Å². The fourth-order valence-corrected chi connectivity index (χ4v) is 8.05. The Morgan fingerprint density at radius 2 is 1.35 bits per heavy atom. The highest BCUT2D eigenvalue weighted by Crippen LogP contribution is 2.39. The van der Waals surface area contributed by atoms with Gasteiger partial charge in [0.15, 0.2) is 0 Å². The molecule has 7 rings (SSSR count). The number of rotatable bonds is 9. The molecule has 4 aromatic rings. The lowest BCUT2D eigenvalue weighted by Gasteiger charge is -2.30. The third kappa shape index (κ3) is 6.90. The lowest BCUT2D eigenvalue weighted by Crippen LogP contribution is -2.51. The average Bonchev–Trinajstić information content (AvgIpc) is 3.95. The van der Waals surface area contributed by atoms with E-state index in [0.717, 1.165) is 79.2 Å². The van der Waals surface area contributed by atoms with Crippen molar-refractivity contribution in [3.8, 4) is 33.6 Å². The Balaban J connectivity index is 1.06. The largest absolute Gasteiger partial charge is 0.453 e. The number of H-pyrrole nitrogens is 2. The van der Waals surface area contributed by atoms with Crippen LogP contribution in [0.15, 0.2) is 48.8 Å². The molecule has 3 atom stereocenters. The zero-order valence-electron chi connectivity index (χ0n) is 30.3. The van der Waals surface area contributed by atoms with Crippen molar-refractivity contribution in [1.82, 2.24) is 35.1 Å². The van der Waals surface area contributed by atoms with Gasteiger partial charge in [0.05, 0.1) is 43.0 Å². The zero-order chi connectivity index (χ0) is 35.8. The van der Waals surface area contributed by atoms with Gasteiger partial charge in [-0.25, -0.2) is 14.8 Å². The SMILES string of the molecule is COC(=O)N[C@H](C(=O)N1CCC[C@H]1c1ncc(-c2ccc3c(c2)CCc2cc(-c4cnc([C@@H]5CCCN5C(=O)CC(C)C)[nH]4)ccc2-3)[nH]1)C(C)C. The molecule has 11 nitrogen and oxygen atoms in total. The zero-order valence-corrected chi connectivity index (χ0v) is 30.3. The molecule has 2 aliphatic heterocycles. The van der Waals surface area contributed by atoms with Gasteiger partial charge < -0.3 is 29.8 Å². The Labute approximate surface area is 299 Å². The molecule has 3 N–H and O–H groups in total. The minimum absolute atomic E-state index is 0.0156. The first-order chi connectivity index (χ1) is 24.6. The van der Waals surface area contributed by atoms with E-state index in [9.17, 15) is 14.4 Å². The number of carbonyl (C=O) groups excluding carboxylic acids is 3. The number of hydrogen-bond donors (Lipinski definition) is 3. The van der Waals surface area contributed by atoms with Crippen LogP contribution in [-0.4, -0.2) is 73.9 Å². The normalized spacial score (nSPS) is 19.0. The maximum absolute atomic E-state index is 13.6. The number of aromatic amines is 2. The Hall–Kier alpha value is -4.93. The molecule has 2 saturated heterocycles. The van der Waals surface area contributed by atoms with E-state index in [0.29, 0.717) is 18.9 Å². The number of nitrogens with one attached hydrogen (secondary N) is 3. The number of fused-ring (bicyclic) bond motifs is 3. The highest BCUT2D eigenvalue weighted by molar-refractivity contribution is 5.86. The molecule has 268 valence electrons. The molecule has 2 fully saturated rings. The van der Waals surface area contributed by atoms with Gasteiger partial charge in [-0.05, 0) is 95.9 Å². The fraction of sp³-hybridized carbons (Fsp3) is 0.475. The molecule has 3 aliphatic rings. The van der Waals surface area contributed by atoms with E-state index in [4.69, 9.17) is 14.7 Å². The number of benzene rings is 2. The van der Waals surface area contributed by atoms with Crippen LogP contribution in [0.1, 0.15) is 94.7 Å². The second kappa shape index (κ2) is 14.4. The van der Waals surface area contributed by atoms with Crippen LogP contribution in [0.2, 0.25) is 0 Å². The monoisotopic (exact) mass is 691 g/mol. The number of alkyl carbamates (subject to hydrolysis) is 1. The molecule has 51 heavy (non-hydrogen) atoms. The Morgan fingerprint density at radius 1 is 0.824 bits per heavy atom. The number of imidazole rings is 2. The lowest BCUT2D eigenvalue weighted by atomic mass is 9.83. The minimum Gasteiger partial charge on any atom is -0.453 e. The maximum Gasteiger partial charge on any atom is 0.407 e. The van der Waals surface area contributed by atoms with Crippen LogP contribution in [-0.2, 0) is 27.2 Å².